The number of para-hydroxylation sites is 1. The molecule has 0 unspecified atom stereocenters. The SMILES string of the molecule is CCCNc1ccccc1C(=O)Nc1cc(C)ccc1Br. The number of anilines is 2. The number of aryl methyl sites for hydroxylation is 1. The van der Waals surface area contributed by atoms with E-state index in [1.54, 1.807) is 0 Å². The molecule has 4 heteroatoms. The number of benzene rings is 2. The second kappa shape index (κ2) is 7.27. The molecule has 0 heterocycles. The zero-order valence-corrected chi connectivity index (χ0v) is 13.8. The molecule has 0 spiro atoms. The van der Waals surface area contributed by atoms with E-state index in [4.69, 9.17) is 0 Å². The van der Waals surface area contributed by atoms with Crippen molar-refractivity contribution in [3.8, 4) is 0 Å². The second-order valence-corrected chi connectivity index (χ2v) is 5.76. The molecule has 0 aromatic heterocycles. The average molecular weight is 347 g/mol. The van der Waals surface area contributed by atoms with Crippen molar-refractivity contribution in [1.82, 2.24) is 0 Å². The second-order valence-electron chi connectivity index (χ2n) is 4.91. The number of hydrogen-bond acceptors (Lipinski definition) is 2. The van der Waals surface area contributed by atoms with Crippen molar-refractivity contribution in [2.45, 2.75) is 20.3 Å². The van der Waals surface area contributed by atoms with Crippen LogP contribution in [0.5, 0.6) is 0 Å². The van der Waals surface area contributed by atoms with Crippen LogP contribution in [0.2, 0.25) is 0 Å². The van der Waals surface area contributed by atoms with Crippen LogP contribution in [0, 0.1) is 6.92 Å². The normalized spacial score (nSPS) is 10.2. The number of amides is 1. The van der Waals surface area contributed by atoms with Crippen LogP contribution in [0.15, 0.2) is 46.9 Å². The minimum absolute atomic E-state index is 0.111. The fourth-order valence-corrected chi connectivity index (χ4v) is 2.37. The molecule has 0 fully saturated rings. The van der Waals surface area contributed by atoms with Crippen LogP contribution in [-0.4, -0.2) is 12.5 Å². The third kappa shape index (κ3) is 4.08. The summed E-state index contributed by atoms with van der Waals surface area (Å²) in [6, 6.07) is 13.4. The monoisotopic (exact) mass is 346 g/mol. The van der Waals surface area contributed by atoms with Crippen molar-refractivity contribution >= 4 is 33.2 Å². The molecule has 0 radical (unpaired) electrons. The van der Waals surface area contributed by atoms with E-state index in [1.807, 2.05) is 49.4 Å². The first kappa shape index (κ1) is 15.6. The number of halogens is 1. The Balaban J connectivity index is 2.22. The summed E-state index contributed by atoms with van der Waals surface area (Å²) in [5, 5.41) is 6.24. The Hall–Kier alpha value is -1.81. The molecule has 110 valence electrons. The summed E-state index contributed by atoms with van der Waals surface area (Å²) >= 11 is 3.46. The van der Waals surface area contributed by atoms with Gasteiger partial charge in [-0.2, -0.15) is 0 Å². The Labute approximate surface area is 133 Å². The summed E-state index contributed by atoms with van der Waals surface area (Å²) in [4.78, 5) is 12.5. The molecule has 1 amide bonds. The average Bonchev–Trinajstić information content (AvgIpc) is 2.49. The zero-order valence-electron chi connectivity index (χ0n) is 12.2. The van der Waals surface area contributed by atoms with Crippen LogP contribution >= 0.6 is 15.9 Å². The summed E-state index contributed by atoms with van der Waals surface area (Å²) in [6.07, 6.45) is 1.01. The highest BCUT2D eigenvalue weighted by Crippen LogP contribution is 2.25. The zero-order chi connectivity index (χ0) is 15.2. The van der Waals surface area contributed by atoms with E-state index in [0.717, 1.165) is 34.4 Å². The molecule has 21 heavy (non-hydrogen) atoms. The maximum absolute atomic E-state index is 12.5. The van der Waals surface area contributed by atoms with E-state index in [9.17, 15) is 4.79 Å². The van der Waals surface area contributed by atoms with Gasteiger partial charge >= 0.3 is 0 Å². The van der Waals surface area contributed by atoms with Gasteiger partial charge in [0.2, 0.25) is 0 Å². The van der Waals surface area contributed by atoms with Crippen LogP contribution in [0.3, 0.4) is 0 Å². The van der Waals surface area contributed by atoms with E-state index in [-0.39, 0.29) is 5.91 Å². The fraction of sp³-hybridized carbons (Fsp3) is 0.235. The smallest absolute Gasteiger partial charge is 0.257 e. The van der Waals surface area contributed by atoms with E-state index in [1.165, 1.54) is 0 Å². The Morgan fingerprint density at radius 2 is 1.90 bits per heavy atom. The minimum atomic E-state index is -0.111. The number of carbonyl (C=O) groups excluding carboxylic acids is 1. The molecule has 0 saturated heterocycles. The summed E-state index contributed by atoms with van der Waals surface area (Å²) in [6.45, 7) is 4.94. The molecular weight excluding hydrogens is 328 g/mol. The Morgan fingerprint density at radius 3 is 2.67 bits per heavy atom. The van der Waals surface area contributed by atoms with Crippen molar-refractivity contribution < 1.29 is 4.79 Å². The lowest BCUT2D eigenvalue weighted by atomic mass is 10.1. The highest BCUT2D eigenvalue weighted by Gasteiger charge is 2.12. The van der Waals surface area contributed by atoms with Crippen LogP contribution in [0.25, 0.3) is 0 Å². The third-order valence-electron chi connectivity index (χ3n) is 3.11. The van der Waals surface area contributed by atoms with Gasteiger partial charge in [-0.15, -0.1) is 0 Å². The summed E-state index contributed by atoms with van der Waals surface area (Å²) in [5.74, 6) is -0.111. The van der Waals surface area contributed by atoms with Crippen LogP contribution in [0.1, 0.15) is 29.3 Å². The maximum atomic E-state index is 12.5. The largest absolute Gasteiger partial charge is 0.384 e. The summed E-state index contributed by atoms with van der Waals surface area (Å²) in [5.41, 5.74) is 3.40. The minimum Gasteiger partial charge on any atom is -0.384 e. The molecule has 0 saturated carbocycles. The molecular formula is C17H19BrN2O. The highest BCUT2D eigenvalue weighted by atomic mass is 79.9. The molecule has 0 bridgehead atoms. The van der Waals surface area contributed by atoms with Crippen LogP contribution in [-0.2, 0) is 0 Å². The van der Waals surface area contributed by atoms with E-state index >= 15 is 0 Å². The van der Waals surface area contributed by atoms with E-state index in [2.05, 4.69) is 33.5 Å². The lowest BCUT2D eigenvalue weighted by molar-refractivity contribution is 0.102. The predicted octanol–water partition coefficient (Wildman–Crippen LogP) is 4.83. The van der Waals surface area contributed by atoms with E-state index in [0.29, 0.717) is 5.56 Å². The topological polar surface area (TPSA) is 41.1 Å². The summed E-state index contributed by atoms with van der Waals surface area (Å²) < 4.78 is 0.875. The first-order chi connectivity index (χ1) is 10.1. The molecule has 0 aliphatic heterocycles. The lowest BCUT2D eigenvalue weighted by Gasteiger charge is -2.13. The van der Waals surface area contributed by atoms with Gasteiger partial charge in [-0.3, -0.25) is 4.79 Å². The molecule has 3 nitrogen and oxygen atoms in total. The van der Waals surface area contributed by atoms with Crippen molar-refractivity contribution in [2.75, 3.05) is 17.2 Å². The van der Waals surface area contributed by atoms with E-state index < -0.39 is 0 Å². The van der Waals surface area contributed by atoms with Crippen molar-refractivity contribution in [1.29, 1.82) is 0 Å². The van der Waals surface area contributed by atoms with Gasteiger partial charge < -0.3 is 10.6 Å². The highest BCUT2D eigenvalue weighted by molar-refractivity contribution is 9.10. The number of hydrogen-bond donors (Lipinski definition) is 2. The number of carbonyl (C=O) groups is 1. The van der Waals surface area contributed by atoms with Crippen molar-refractivity contribution in [3.05, 3.63) is 58.1 Å². The molecule has 2 N–H and O–H groups in total. The van der Waals surface area contributed by atoms with Gasteiger partial charge in [0.1, 0.15) is 0 Å². The molecule has 0 aliphatic rings. The summed E-state index contributed by atoms with van der Waals surface area (Å²) in [7, 11) is 0. The van der Waals surface area contributed by atoms with Gasteiger partial charge in [-0.25, -0.2) is 0 Å². The van der Waals surface area contributed by atoms with Gasteiger partial charge in [-0.1, -0.05) is 25.1 Å². The van der Waals surface area contributed by atoms with Gasteiger partial charge in [0, 0.05) is 16.7 Å². The molecule has 0 atom stereocenters. The third-order valence-corrected chi connectivity index (χ3v) is 3.80. The van der Waals surface area contributed by atoms with Crippen molar-refractivity contribution in [2.24, 2.45) is 0 Å². The maximum Gasteiger partial charge on any atom is 0.257 e. The van der Waals surface area contributed by atoms with Crippen molar-refractivity contribution in [3.63, 3.8) is 0 Å². The molecule has 0 aliphatic carbocycles. The number of rotatable bonds is 5. The first-order valence-corrected chi connectivity index (χ1v) is 7.81. The Bertz CT molecular complexity index is 640. The molecule has 2 rings (SSSR count). The Morgan fingerprint density at radius 1 is 1.14 bits per heavy atom. The molecule has 2 aromatic rings. The number of nitrogens with one attached hydrogen (secondary N) is 2. The first-order valence-electron chi connectivity index (χ1n) is 7.02. The van der Waals surface area contributed by atoms with Crippen LogP contribution < -0.4 is 10.6 Å². The Kier molecular flexibility index (Phi) is 5.39. The van der Waals surface area contributed by atoms with Gasteiger partial charge in [0.25, 0.3) is 5.91 Å². The quantitative estimate of drug-likeness (QED) is 0.813. The van der Waals surface area contributed by atoms with Gasteiger partial charge in [0.05, 0.1) is 11.3 Å². The van der Waals surface area contributed by atoms with Gasteiger partial charge in [0.15, 0.2) is 0 Å². The molecule has 2 aromatic carbocycles. The van der Waals surface area contributed by atoms with Crippen LogP contribution in [0.4, 0.5) is 11.4 Å². The lowest BCUT2D eigenvalue weighted by Crippen LogP contribution is -2.15. The fourth-order valence-electron chi connectivity index (χ4n) is 2.02. The standard InChI is InChI=1S/C17H19BrN2O/c1-3-10-19-15-7-5-4-6-13(15)17(21)20-16-11-12(2)8-9-14(16)18/h4-9,11,19H,3,10H2,1-2H3,(H,20,21). The predicted molar refractivity (Wildman–Crippen MR) is 92.1 cm³/mol. The van der Waals surface area contributed by atoms with Gasteiger partial charge in [-0.05, 0) is 59.1 Å².